The van der Waals surface area contributed by atoms with Crippen molar-refractivity contribution in [1.82, 2.24) is 4.98 Å². The van der Waals surface area contributed by atoms with Gasteiger partial charge in [0.25, 0.3) is 0 Å². The van der Waals surface area contributed by atoms with Gasteiger partial charge in [-0.2, -0.15) is 0 Å². The average Bonchev–Trinajstić information content (AvgIpc) is 3.57. The van der Waals surface area contributed by atoms with Crippen LogP contribution >= 0.6 is 34.7 Å². The number of amides is 3. The second-order valence-electron chi connectivity index (χ2n) is 8.94. The lowest BCUT2D eigenvalue weighted by Gasteiger charge is -2.17. The number of benzene rings is 2. The van der Waals surface area contributed by atoms with E-state index in [1.54, 1.807) is 18.2 Å². The molecule has 1 aromatic heterocycles. The van der Waals surface area contributed by atoms with Gasteiger partial charge in [0.1, 0.15) is 0 Å². The Morgan fingerprint density at radius 3 is 2.62 bits per heavy atom. The van der Waals surface area contributed by atoms with Gasteiger partial charge in [-0.15, -0.1) is 11.3 Å². The molecule has 6 nitrogen and oxygen atoms in total. The van der Waals surface area contributed by atoms with Crippen molar-refractivity contribution in [2.24, 2.45) is 23.7 Å². The Labute approximate surface area is 209 Å². The van der Waals surface area contributed by atoms with E-state index in [-0.39, 0.29) is 47.1 Å². The third kappa shape index (κ3) is 3.56. The van der Waals surface area contributed by atoms with Gasteiger partial charge in [-0.1, -0.05) is 41.6 Å². The number of imide groups is 1. The molecule has 3 aromatic rings. The number of fused-ring (bicyclic) bond motifs is 6. The zero-order chi connectivity index (χ0) is 23.6. The molecule has 3 amide bonds. The standard InChI is InChI=1S/C25H20ClN3O3S2/c1-12-2-5-15(26)9-18(12)27-20(30)11-33-25-28-17-7-6-16(10-19(17)34-25)29-23(31)21-13-3-4-14(8-13)22(21)24(29)32/h2-7,9-10,13-14,21-22H,8,11H2,1H3,(H,27,30)/t13-,14-,21+,22+/m0/s1. The van der Waals surface area contributed by atoms with Gasteiger partial charge < -0.3 is 5.32 Å². The number of anilines is 2. The number of allylic oxidation sites excluding steroid dienone is 2. The van der Waals surface area contributed by atoms with Crippen LogP contribution in [0.25, 0.3) is 10.2 Å². The summed E-state index contributed by atoms with van der Waals surface area (Å²) in [5.74, 6) is -0.155. The maximum atomic E-state index is 13.1. The number of aromatic nitrogens is 1. The molecule has 2 heterocycles. The molecule has 1 N–H and O–H groups in total. The highest BCUT2D eigenvalue weighted by Gasteiger charge is 2.59. The first-order valence-electron chi connectivity index (χ1n) is 11.0. The summed E-state index contributed by atoms with van der Waals surface area (Å²) in [4.78, 5) is 44.6. The smallest absolute Gasteiger partial charge is 0.238 e. The predicted molar refractivity (Wildman–Crippen MR) is 135 cm³/mol. The second kappa shape index (κ2) is 8.22. The van der Waals surface area contributed by atoms with Gasteiger partial charge in [0, 0.05) is 10.7 Å². The summed E-state index contributed by atoms with van der Waals surface area (Å²) in [5, 5.41) is 3.46. The van der Waals surface area contributed by atoms with Crippen molar-refractivity contribution in [2.45, 2.75) is 17.7 Å². The zero-order valence-electron chi connectivity index (χ0n) is 18.2. The van der Waals surface area contributed by atoms with Crippen molar-refractivity contribution in [3.63, 3.8) is 0 Å². The average molecular weight is 510 g/mol. The van der Waals surface area contributed by atoms with Crippen LogP contribution in [0.15, 0.2) is 52.9 Å². The molecule has 2 fully saturated rings. The molecule has 9 heteroatoms. The van der Waals surface area contributed by atoms with Crippen LogP contribution in [0.4, 0.5) is 11.4 Å². The van der Waals surface area contributed by atoms with Gasteiger partial charge >= 0.3 is 0 Å². The minimum atomic E-state index is -0.215. The number of halogens is 1. The lowest BCUT2D eigenvalue weighted by Crippen LogP contribution is -2.32. The minimum absolute atomic E-state index is 0.0849. The first-order valence-corrected chi connectivity index (χ1v) is 13.2. The lowest BCUT2D eigenvalue weighted by atomic mass is 9.85. The maximum Gasteiger partial charge on any atom is 0.238 e. The van der Waals surface area contributed by atoms with E-state index >= 15 is 0 Å². The minimum Gasteiger partial charge on any atom is -0.325 e. The fourth-order valence-electron chi connectivity index (χ4n) is 5.29. The summed E-state index contributed by atoms with van der Waals surface area (Å²) in [7, 11) is 0. The predicted octanol–water partition coefficient (Wildman–Crippen LogP) is 5.30. The van der Waals surface area contributed by atoms with Crippen molar-refractivity contribution in [3.8, 4) is 0 Å². The van der Waals surface area contributed by atoms with E-state index in [4.69, 9.17) is 11.6 Å². The topological polar surface area (TPSA) is 79.4 Å². The van der Waals surface area contributed by atoms with Gasteiger partial charge in [0.2, 0.25) is 17.7 Å². The fraction of sp³-hybridized carbons (Fsp3) is 0.280. The summed E-state index contributed by atoms with van der Waals surface area (Å²) in [6.45, 7) is 1.91. The van der Waals surface area contributed by atoms with Crippen LogP contribution < -0.4 is 10.2 Å². The third-order valence-corrected chi connectivity index (χ3v) is 9.28. The molecule has 0 radical (unpaired) electrons. The van der Waals surface area contributed by atoms with E-state index in [2.05, 4.69) is 22.5 Å². The van der Waals surface area contributed by atoms with Gasteiger partial charge in [-0.3, -0.25) is 14.4 Å². The molecular weight excluding hydrogens is 490 g/mol. The summed E-state index contributed by atoms with van der Waals surface area (Å²) in [5.41, 5.74) is 3.02. The first-order chi connectivity index (χ1) is 16.4. The number of aryl methyl sites for hydroxylation is 1. The second-order valence-corrected chi connectivity index (χ2v) is 11.6. The van der Waals surface area contributed by atoms with Crippen LogP contribution in [0, 0.1) is 30.6 Å². The van der Waals surface area contributed by atoms with E-state index in [1.807, 2.05) is 25.1 Å². The lowest BCUT2D eigenvalue weighted by molar-refractivity contribution is -0.123. The van der Waals surface area contributed by atoms with Crippen LogP contribution in [0.2, 0.25) is 5.02 Å². The molecule has 6 rings (SSSR count). The molecule has 3 aliphatic rings. The van der Waals surface area contributed by atoms with Crippen LogP contribution in [-0.4, -0.2) is 28.5 Å². The highest BCUT2D eigenvalue weighted by atomic mass is 35.5. The normalized spacial score (nSPS) is 24.9. The van der Waals surface area contributed by atoms with Crippen molar-refractivity contribution in [2.75, 3.05) is 16.0 Å². The maximum absolute atomic E-state index is 13.1. The van der Waals surface area contributed by atoms with Crippen molar-refractivity contribution >= 4 is 74.0 Å². The van der Waals surface area contributed by atoms with E-state index in [0.717, 1.165) is 26.5 Å². The van der Waals surface area contributed by atoms with Crippen LogP contribution in [-0.2, 0) is 14.4 Å². The van der Waals surface area contributed by atoms with Crippen LogP contribution in [0.3, 0.4) is 0 Å². The van der Waals surface area contributed by atoms with Gasteiger partial charge in [-0.25, -0.2) is 9.88 Å². The molecule has 172 valence electrons. The third-order valence-electron chi connectivity index (χ3n) is 6.88. The Bertz CT molecular complexity index is 1370. The Kier molecular flexibility index (Phi) is 5.28. The van der Waals surface area contributed by atoms with E-state index in [9.17, 15) is 14.4 Å². The summed E-state index contributed by atoms with van der Waals surface area (Å²) in [6, 6.07) is 10.9. The SMILES string of the molecule is Cc1ccc(Cl)cc1NC(=O)CSc1nc2ccc(N3C(=O)[C@H]4[C@H](C3=O)[C@H]3C=C[C@H]4C3)cc2s1. The molecule has 4 atom stereocenters. The Morgan fingerprint density at radius 1 is 1.15 bits per heavy atom. The summed E-state index contributed by atoms with van der Waals surface area (Å²) < 4.78 is 1.63. The number of thioether (sulfide) groups is 1. The Morgan fingerprint density at radius 2 is 1.88 bits per heavy atom. The number of nitrogens with one attached hydrogen (secondary N) is 1. The number of rotatable bonds is 5. The molecule has 0 spiro atoms. The van der Waals surface area contributed by atoms with Gasteiger partial charge in [0.05, 0.1) is 33.5 Å². The van der Waals surface area contributed by atoms with E-state index in [0.29, 0.717) is 16.4 Å². The Hall–Kier alpha value is -2.68. The molecule has 1 saturated carbocycles. The summed E-state index contributed by atoms with van der Waals surface area (Å²) in [6.07, 6.45) is 5.11. The number of hydrogen-bond donors (Lipinski definition) is 1. The number of nitrogens with zero attached hydrogens (tertiary/aromatic N) is 2. The van der Waals surface area contributed by atoms with Gasteiger partial charge in [0.15, 0.2) is 4.34 Å². The quantitative estimate of drug-likeness (QED) is 0.287. The first kappa shape index (κ1) is 21.8. The molecule has 2 aliphatic carbocycles. The molecule has 2 bridgehead atoms. The summed E-state index contributed by atoms with van der Waals surface area (Å²) >= 11 is 8.83. The zero-order valence-corrected chi connectivity index (χ0v) is 20.5. The number of thiazole rings is 1. The Balaban J connectivity index is 1.17. The molecule has 1 aliphatic heterocycles. The van der Waals surface area contributed by atoms with E-state index in [1.165, 1.54) is 28.0 Å². The number of carbonyl (C=O) groups excluding carboxylic acids is 3. The van der Waals surface area contributed by atoms with Crippen molar-refractivity contribution in [1.29, 1.82) is 0 Å². The monoisotopic (exact) mass is 509 g/mol. The van der Waals surface area contributed by atoms with E-state index < -0.39 is 0 Å². The number of carbonyl (C=O) groups is 3. The highest BCUT2D eigenvalue weighted by molar-refractivity contribution is 8.01. The molecule has 0 unspecified atom stereocenters. The number of hydrogen-bond acceptors (Lipinski definition) is 6. The largest absolute Gasteiger partial charge is 0.325 e. The molecule has 34 heavy (non-hydrogen) atoms. The fourth-order valence-corrected chi connectivity index (χ4v) is 7.37. The molecule has 1 saturated heterocycles. The van der Waals surface area contributed by atoms with Crippen molar-refractivity contribution in [3.05, 3.63) is 59.1 Å². The van der Waals surface area contributed by atoms with Gasteiger partial charge in [-0.05, 0) is 61.1 Å². The molecular formula is C25H20ClN3O3S2. The van der Waals surface area contributed by atoms with Crippen LogP contribution in [0.5, 0.6) is 0 Å². The molecule has 2 aromatic carbocycles. The van der Waals surface area contributed by atoms with Crippen molar-refractivity contribution < 1.29 is 14.4 Å². The van der Waals surface area contributed by atoms with Crippen LogP contribution in [0.1, 0.15) is 12.0 Å². The highest BCUT2D eigenvalue weighted by Crippen LogP contribution is 2.53.